The van der Waals surface area contributed by atoms with Crippen molar-refractivity contribution in [1.29, 1.82) is 0 Å². The average Bonchev–Trinajstić information content (AvgIpc) is 3.28. The summed E-state index contributed by atoms with van der Waals surface area (Å²) in [6, 6.07) is 4.04. The van der Waals surface area contributed by atoms with Crippen molar-refractivity contribution in [3.8, 4) is 11.3 Å². The number of carbonyl (C=O) groups excluding carboxylic acids is 1. The van der Waals surface area contributed by atoms with Crippen LogP contribution in [0.2, 0.25) is 0 Å². The van der Waals surface area contributed by atoms with Gasteiger partial charge in [-0.1, -0.05) is 5.16 Å². The fraction of sp³-hybridized carbons (Fsp3) is 0.353. The number of aryl methyl sites for hydroxylation is 2. The van der Waals surface area contributed by atoms with Gasteiger partial charge in [-0.25, -0.2) is 0 Å². The van der Waals surface area contributed by atoms with Gasteiger partial charge in [-0.05, 0) is 37.8 Å². The van der Waals surface area contributed by atoms with Crippen molar-refractivity contribution in [3.63, 3.8) is 0 Å². The standard InChI is InChI=1S/C17H20N4O2S/c1-12-15(13(2)23-20-12)3-4-17(22)18-7-9-21-8-5-16(19-21)14-6-10-24-11-14/h5-6,8,10-11H,3-4,7,9H2,1-2H3,(H,18,22). The predicted molar refractivity (Wildman–Crippen MR) is 92.8 cm³/mol. The van der Waals surface area contributed by atoms with Crippen molar-refractivity contribution in [2.45, 2.75) is 33.2 Å². The zero-order valence-corrected chi connectivity index (χ0v) is 14.6. The third-order valence-corrected chi connectivity index (χ3v) is 4.59. The van der Waals surface area contributed by atoms with E-state index in [-0.39, 0.29) is 5.91 Å². The topological polar surface area (TPSA) is 73.0 Å². The van der Waals surface area contributed by atoms with Crippen LogP contribution in [0, 0.1) is 13.8 Å². The lowest BCUT2D eigenvalue weighted by Gasteiger charge is -2.05. The third-order valence-electron chi connectivity index (χ3n) is 3.90. The second kappa shape index (κ2) is 7.44. The fourth-order valence-electron chi connectivity index (χ4n) is 2.55. The van der Waals surface area contributed by atoms with E-state index in [0.717, 1.165) is 28.3 Å². The van der Waals surface area contributed by atoms with Crippen molar-refractivity contribution in [1.82, 2.24) is 20.3 Å². The molecule has 126 valence electrons. The summed E-state index contributed by atoms with van der Waals surface area (Å²) in [7, 11) is 0. The Balaban J connectivity index is 1.42. The first kappa shape index (κ1) is 16.4. The smallest absolute Gasteiger partial charge is 0.220 e. The number of thiophene rings is 1. The Morgan fingerprint density at radius 3 is 2.96 bits per heavy atom. The highest BCUT2D eigenvalue weighted by molar-refractivity contribution is 7.08. The van der Waals surface area contributed by atoms with Gasteiger partial charge in [0.05, 0.1) is 17.9 Å². The summed E-state index contributed by atoms with van der Waals surface area (Å²) in [4.78, 5) is 12.0. The first-order valence-electron chi connectivity index (χ1n) is 7.88. The summed E-state index contributed by atoms with van der Waals surface area (Å²) in [5, 5.41) is 15.4. The molecule has 3 heterocycles. The van der Waals surface area contributed by atoms with Crippen LogP contribution in [0.15, 0.2) is 33.6 Å². The zero-order chi connectivity index (χ0) is 16.9. The zero-order valence-electron chi connectivity index (χ0n) is 13.8. The highest BCUT2D eigenvalue weighted by Gasteiger charge is 2.11. The Kier molecular flexibility index (Phi) is 5.10. The molecular formula is C17H20N4O2S. The molecular weight excluding hydrogens is 324 g/mol. The molecule has 0 spiro atoms. The van der Waals surface area contributed by atoms with Gasteiger partial charge < -0.3 is 9.84 Å². The number of rotatable bonds is 7. The molecule has 3 rings (SSSR count). The third kappa shape index (κ3) is 3.91. The van der Waals surface area contributed by atoms with E-state index in [9.17, 15) is 4.79 Å². The van der Waals surface area contributed by atoms with E-state index in [1.54, 1.807) is 11.3 Å². The molecule has 0 fully saturated rings. The molecule has 6 nitrogen and oxygen atoms in total. The number of nitrogens with one attached hydrogen (secondary N) is 1. The van der Waals surface area contributed by atoms with Crippen LogP contribution in [0.25, 0.3) is 11.3 Å². The Bertz CT molecular complexity index is 785. The van der Waals surface area contributed by atoms with Gasteiger partial charge in [-0.2, -0.15) is 16.4 Å². The summed E-state index contributed by atoms with van der Waals surface area (Å²) < 4.78 is 6.96. The summed E-state index contributed by atoms with van der Waals surface area (Å²) in [5.41, 5.74) is 3.97. The van der Waals surface area contributed by atoms with Gasteiger partial charge in [0.15, 0.2) is 0 Å². The highest BCUT2D eigenvalue weighted by atomic mass is 32.1. The number of hydrogen-bond acceptors (Lipinski definition) is 5. The second-order valence-electron chi connectivity index (χ2n) is 5.63. The molecule has 7 heteroatoms. The van der Waals surface area contributed by atoms with Crippen molar-refractivity contribution in [3.05, 3.63) is 46.1 Å². The summed E-state index contributed by atoms with van der Waals surface area (Å²) in [6.07, 6.45) is 3.02. The number of hydrogen-bond donors (Lipinski definition) is 1. The predicted octanol–water partition coefficient (Wildman–Crippen LogP) is 2.97. The van der Waals surface area contributed by atoms with Gasteiger partial charge in [0.2, 0.25) is 5.91 Å². The van der Waals surface area contributed by atoms with Crippen LogP contribution in [0.5, 0.6) is 0 Å². The SMILES string of the molecule is Cc1noc(C)c1CCC(=O)NCCn1ccc(-c2ccsc2)n1. The summed E-state index contributed by atoms with van der Waals surface area (Å²) in [5.74, 6) is 0.818. The van der Waals surface area contributed by atoms with Crippen molar-refractivity contribution in [2.24, 2.45) is 0 Å². The molecule has 0 radical (unpaired) electrons. The lowest BCUT2D eigenvalue weighted by Crippen LogP contribution is -2.27. The molecule has 3 aromatic heterocycles. The number of amides is 1. The molecule has 0 aromatic carbocycles. The van der Waals surface area contributed by atoms with E-state index in [4.69, 9.17) is 4.52 Å². The molecule has 0 aliphatic heterocycles. The maximum absolute atomic E-state index is 12.0. The minimum Gasteiger partial charge on any atom is -0.361 e. The monoisotopic (exact) mass is 344 g/mol. The molecule has 24 heavy (non-hydrogen) atoms. The minimum atomic E-state index is 0.0280. The Morgan fingerprint density at radius 1 is 1.38 bits per heavy atom. The first-order valence-corrected chi connectivity index (χ1v) is 8.82. The van der Waals surface area contributed by atoms with E-state index < -0.39 is 0 Å². The molecule has 0 unspecified atom stereocenters. The minimum absolute atomic E-state index is 0.0280. The number of aromatic nitrogens is 3. The van der Waals surface area contributed by atoms with Gasteiger partial charge in [0.1, 0.15) is 5.76 Å². The maximum Gasteiger partial charge on any atom is 0.220 e. The number of carbonyl (C=O) groups is 1. The Hall–Kier alpha value is -2.41. The number of nitrogens with zero attached hydrogens (tertiary/aromatic N) is 3. The van der Waals surface area contributed by atoms with Gasteiger partial charge in [0.25, 0.3) is 0 Å². The fourth-order valence-corrected chi connectivity index (χ4v) is 3.20. The molecule has 0 saturated carbocycles. The quantitative estimate of drug-likeness (QED) is 0.715. The van der Waals surface area contributed by atoms with Gasteiger partial charge in [0, 0.05) is 35.7 Å². The van der Waals surface area contributed by atoms with Gasteiger partial charge in [-0.15, -0.1) is 0 Å². The van der Waals surface area contributed by atoms with Crippen molar-refractivity contribution < 1.29 is 9.32 Å². The molecule has 0 bridgehead atoms. The van der Waals surface area contributed by atoms with E-state index in [2.05, 4.69) is 21.0 Å². The Labute approximate surface area is 144 Å². The molecule has 0 atom stereocenters. The lowest BCUT2D eigenvalue weighted by atomic mass is 10.1. The van der Waals surface area contributed by atoms with E-state index in [0.29, 0.717) is 25.9 Å². The van der Waals surface area contributed by atoms with Crippen molar-refractivity contribution in [2.75, 3.05) is 6.54 Å². The van der Waals surface area contributed by atoms with Crippen LogP contribution in [0.3, 0.4) is 0 Å². The lowest BCUT2D eigenvalue weighted by molar-refractivity contribution is -0.121. The Morgan fingerprint density at radius 2 is 2.25 bits per heavy atom. The van der Waals surface area contributed by atoms with Gasteiger partial charge >= 0.3 is 0 Å². The molecule has 3 aromatic rings. The van der Waals surface area contributed by atoms with E-state index in [1.165, 1.54) is 0 Å². The molecule has 1 amide bonds. The van der Waals surface area contributed by atoms with Crippen LogP contribution in [-0.2, 0) is 17.8 Å². The molecule has 0 saturated heterocycles. The van der Waals surface area contributed by atoms with E-state index >= 15 is 0 Å². The molecule has 0 aliphatic carbocycles. The summed E-state index contributed by atoms with van der Waals surface area (Å²) in [6.45, 7) is 4.98. The van der Waals surface area contributed by atoms with Crippen molar-refractivity contribution >= 4 is 17.2 Å². The van der Waals surface area contributed by atoms with E-state index in [1.807, 2.05) is 42.2 Å². The molecule has 1 N–H and O–H groups in total. The maximum atomic E-state index is 12.0. The summed E-state index contributed by atoms with van der Waals surface area (Å²) >= 11 is 1.65. The highest BCUT2D eigenvalue weighted by Crippen LogP contribution is 2.19. The first-order chi connectivity index (χ1) is 11.6. The van der Waals surface area contributed by atoms with Crippen LogP contribution in [0.1, 0.15) is 23.4 Å². The second-order valence-corrected chi connectivity index (χ2v) is 6.41. The average molecular weight is 344 g/mol. The van der Waals surface area contributed by atoms with Gasteiger partial charge in [-0.3, -0.25) is 9.48 Å². The van der Waals surface area contributed by atoms with Crippen LogP contribution in [-0.4, -0.2) is 27.4 Å². The normalized spacial score (nSPS) is 10.9. The largest absolute Gasteiger partial charge is 0.361 e. The van der Waals surface area contributed by atoms with Crippen LogP contribution < -0.4 is 5.32 Å². The molecule has 0 aliphatic rings. The van der Waals surface area contributed by atoms with Crippen LogP contribution >= 0.6 is 11.3 Å². The van der Waals surface area contributed by atoms with Crippen LogP contribution in [0.4, 0.5) is 0 Å².